The number of furan rings is 5. The Hall–Kier alpha value is -8.80. The Bertz CT molecular complexity index is 4180. The molecule has 0 bridgehead atoms. The number of para-hydroxylation sites is 4. The first kappa shape index (κ1) is 36.5. The van der Waals surface area contributed by atoms with E-state index in [0.29, 0.717) is 0 Å². The van der Waals surface area contributed by atoms with Gasteiger partial charge in [0.25, 0.3) is 0 Å². The van der Waals surface area contributed by atoms with Gasteiger partial charge in [0.1, 0.15) is 55.8 Å². The number of rotatable bonds is 6. The fourth-order valence-corrected chi connectivity index (χ4v) is 11.1. The average Bonchev–Trinajstić information content (AvgIpc) is 4.20. The van der Waals surface area contributed by atoms with Gasteiger partial charge in [0.2, 0.25) is 0 Å². The zero-order chi connectivity index (χ0) is 43.7. The van der Waals surface area contributed by atoms with Crippen molar-refractivity contribution in [3.63, 3.8) is 0 Å². The molecule has 5 aromatic heterocycles. The smallest absolute Gasteiger partial charge is 0.139 e. The molecule has 0 N–H and O–H groups in total. The van der Waals surface area contributed by atoms with Gasteiger partial charge in [-0.15, -0.1) is 0 Å². The third-order valence-corrected chi connectivity index (χ3v) is 14.1. The van der Waals surface area contributed by atoms with Crippen molar-refractivity contribution in [2.75, 3.05) is 0 Å². The van der Waals surface area contributed by atoms with Gasteiger partial charge in [0, 0.05) is 76.8 Å². The van der Waals surface area contributed by atoms with Crippen molar-refractivity contribution in [3.8, 4) is 0 Å². The molecule has 0 aliphatic heterocycles. The molecule has 10 aromatic carbocycles. The van der Waals surface area contributed by atoms with Gasteiger partial charge < -0.3 is 22.1 Å². The minimum atomic E-state index is -0.0827. The monoisotopic (exact) mass is 860 g/mol. The zero-order valence-corrected chi connectivity index (χ0v) is 35.8. The molecule has 5 nitrogen and oxygen atoms in total. The minimum absolute atomic E-state index is 0.0827. The molecule has 314 valence electrons. The van der Waals surface area contributed by atoms with Crippen molar-refractivity contribution in [1.29, 1.82) is 0 Å². The summed E-state index contributed by atoms with van der Waals surface area (Å²) in [6.45, 7) is 0. The second-order valence-corrected chi connectivity index (χ2v) is 17.8. The molecule has 0 spiro atoms. The topological polar surface area (TPSA) is 65.7 Å². The molecule has 2 atom stereocenters. The van der Waals surface area contributed by atoms with Crippen molar-refractivity contribution in [1.82, 2.24) is 0 Å². The second-order valence-electron chi connectivity index (χ2n) is 17.8. The van der Waals surface area contributed by atoms with Crippen LogP contribution in [-0.2, 0) is 0 Å². The van der Waals surface area contributed by atoms with Crippen LogP contribution in [0.25, 0.3) is 110 Å². The maximum absolute atomic E-state index is 6.77. The van der Waals surface area contributed by atoms with Crippen LogP contribution in [0.5, 0.6) is 0 Å². The van der Waals surface area contributed by atoms with Gasteiger partial charge in [0.05, 0.1) is 0 Å². The minimum Gasteiger partial charge on any atom is -0.456 e. The summed E-state index contributed by atoms with van der Waals surface area (Å²) in [7, 11) is 0. The Morgan fingerprint density at radius 3 is 0.985 bits per heavy atom. The Balaban J connectivity index is 0.845. The van der Waals surface area contributed by atoms with Crippen molar-refractivity contribution < 1.29 is 22.1 Å². The van der Waals surface area contributed by atoms with Crippen LogP contribution >= 0.6 is 0 Å². The van der Waals surface area contributed by atoms with Crippen LogP contribution in [-0.4, -0.2) is 0 Å². The number of benzene rings is 10. The molecule has 0 radical (unpaired) electrons. The van der Waals surface area contributed by atoms with E-state index < -0.39 is 0 Å². The summed E-state index contributed by atoms with van der Waals surface area (Å²) in [6, 6.07) is 72.5. The van der Waals surface area contributed by atoms with E-state index in [4.69, 9.17) is 22.1 Å². The molecule has 0 amide bonds. The highest BCUT2D eigenvalue weighted by Gasteiger charge is 2.26. The van der Waals surface area contributed by atoms with Crippen LogP contribution in [0.15, 0.2) is 228 Å². The van der Waals surface area contributed by atoms with Crippen LogP contribution in [0, 0.1) is 0 Å². The van der Waals surface area contributed by atoms with Crippen LogP contribution in [0.1, 0.15) is 45.2 Å². The van der Waals surface area contributed by atoms with Gasteiger partial charge in [-0.25, -0.2) is 0 Å². The first-order chi connectivity index (χ1) is 33.2. The van der Waals surface area contributed by atoms with Crippen molar-refractivity contribution in [2.45, 2.75) is 11.8 Å². The fourth-order valence-electron chi connectivity index (χ4n) is 11.1. The molecule has 15 aromatic rings. The molecule has 15 rings (SSSR count). The molecule has 67 heavy (non-hydrogen) atoms. The van der Waals surface area contributed by atoms with E-state index in [9.17, 15) is 0 Å². The van der Waals surface area contributed by atoms with Gasteiger partial charge >= 0.3 is 0 Å². The van der Waals surface area contributed by atoms with Crippen LogP contribution in [0.3, 0.4) is 0 Å². The highest BCUT2D eigenvalue weighted by Crippen LogP contribution is 2.45. The van der Waals surface area contributed by atoms with Crippen LogP contribution < -0.4 is 0 Å². The van der Waals surface area contributed by atoms with Gasteiger partial charge in [-0.05, 0) is 70.8 Å². The lowest BCUT2D eigenvalue weighted by molar-refractivity contribution is 0.659. The molecular weight excluding hydrogens is 825 g/mol. The average molecular weight is 861 g/mol. The lowest BCUT2D eigenvalue weighted by Gasteiger charge is -2.19. The van der Waals surface area contributed by atoms with Gasteiger partial charge in [-0.3, -0.25) is 0 Å². The van der Waals surface area contributed by atoms with Crippen molar-refractivity contribution in [3.05, 3.63) is 240 Å². The predicted molar refractivity (Wildman–Crippen MR) is 270 cm³/mol. The van der Waals surface area contributed by atoms with E-state index in [0.717, 1.165) is 132 Å². The number of hydrogen-bond donors (Lipinski definition) is 0. The summed E-state index contributed by atoms with van der Waals surface area (Å²) in [5, 5.41) is 10.5. The van der Waals surface area contributed by atoms with Gasteiger partial charge in [-0.1, -0.05) is 158 Å². The van der Waals surface area contributed by atoms with E-state index in [1.807, 2.05) is 24.3 Å². The van der Waals surface area contributed by atoms with E-state index in [1.165, 1.54) is 11.1 Å². The first-order valence-electron chi connectivity index (χ1n) is 22.8. The molecule has 0 aliphatic carbocycles. The van der Waals surface area contributed by atoms with Gasteiger partial charge in [-0.2, -0.15) is 0 Å². The maximum atomic E-state index is 6.77. The summed E-state index contributed by atoms with van der Waals surface area (Å²) in [5.41, 5.74) is 15.3. The number of hydrogen-bond acceptors (Lipinski definition) is 5. The molecule has 0 saturated carbocycles. The number of fused-ring (bicyclic) bond motifs is 15. The summed E-state index contributed by atoms with van der Waals surface area (Å²) in [5.74, 6) is -0.165. The Morgan fingerprint density at radius 1 is 0.209 bits per heavy atom. The third-order valence-electron chi connectivity index (χ3n) is 14.1. The van der Waals surface area contributed by atoms with Crippen molar-refractivity contribution >= 4 is 110 Å². The van der Waals surface area contributed by atoms with E-state index in [2.05, 4.69) is 182 Å². The predicted octanol–water partition coefficient (Wildman–Crippen LogP) is 17.5. The normalized spacial score (nSPS) is 13.3. The third kappa shape index (κ3) is 5.43. The standard InChI is InChI=1S/C62H36O5/c1-3-13-35(14-4-1)59(45-21-11-19-43-39-17-7-9-23-51(39)66-61(43)45)37-25-27-41-47-31-57-49(33-55(47)63-53(41)29-37)50-34-56-48(32-58(50)65-57)42-28-26-38(30-54(42)64-56)60(36-15-5-2-6-16-36)46-22-12-20-44-40-18-8-10-24-52(40)67-62(44)46/h1-34,59-60H. The largest absolute Gasteiger partial charge is 0.456 e. The van der Waals surface area contributed by atoms with E-state index in [-0.39, 0.29) is 11.8 Å². The highest BCUT2D eigenvalue weighted by molar-refractivity contribution is 6.19. The summed E-state index contributed by atoms with van der Waals surface area (Å²) >= 11 is 0. The Labute approximate surface area is 381 Å². The second kappa shape index (κ2) is 13.9. The molecule has 0 fully saturated rings. The molecule has 0 aliphatic rings. The summed E-state index contributed by atoms with van der Waals surface area (Å²) < 4.78 is 33.4. The molecule has 5 heteroatoms. The lowest BCUT2D eigenvalue weighted by Crippen LogP contribution is -2.03. The Kier molecular flexibility index (Phi) is 7.55. The zero-order valence-electron chi connectivity index (χ0n) is 35.8. The SMILES string of the molecule is c1ccc(C(c2ccc3c(c2)oc2cc4c(cc23)oc2cc3c(cc24)oc2cc(C(c4ccccc4)c4cccc5c4oc4ccccc45)ccc23)c2cccc3c2oc2ccccc23)cc1. The molecule has 2 unspecified atom stereocenters. The van der Waals surface area contributed by atoms with Crippen LogP contribution in [0.4, 0.5) is 0 Å². The van der Waals surface area contributed by atoms with Crippen LogP contribution in [0.2, 0.25) is 0 Å². The first-order valence-corrected chi connectivity index (χ1v) is 22.8. The maximum Gasteiger partial charge on any atom is 0.139 e. The lowest BCUT2D eigenvalue weighted by atomic mass is 9.84. The van der Waals surface area contributed by atoms with Gasteiger partial charge in [0.15, 0.2) is 0 Å². The molecule has 0 saturated heterocycles. The Morgan fingerprint density at radius 2 is 0.552 bits per heavy atom. The fraction of sp³-hybridized carbons (Fsp3) is 0.0323. The summed E-state index contributed by atoms with van der Waals surface area (Å²) in [6.07, 6.45) is 0. The van der Waals surface area contributed by atoms with E-state index in [1.54, 1.807) is 0 Å². The highest BCUT2D eigenvalue weighted by atomic mass is 16.3. The van der Waals surface area contributed by atoms with Crippen molar-refractivity contribution in [2.24, 2.45) is 0 Å². The quantitative estimate of drug-likeness (QED) is 0.156. The van der Waals surface area contributed by atoms with E-state index >= 15 is 0 Å². The summed E-state index contributed by atoms with van der Waals surface area (Å²) in [4.78, 5) is 0. The molecule has 5 heterocycles. The molecular formula is C62H36O5.